The summed E-state index contributed by atoms with van der Waals surface area (Å²) in [6.45, 7) is -0.722. The van der Waals surface area contributed by atoms with Crippen LogP contribution >= 0.6 is 0 Å². The molecular weight excluding hydrogens is 253 g/mol. The number of aliphatic hydroxyl groups is 1. The Morgan fingerprint density at radius 1 is 1.47 bits per heavy atom. The van der Waals surface area contributed by atoms with Crippen molar-refractivity contribution in [2.75, 3.05) is 19.0 Å². The lowest BCUT2D eigenvalue weighted by molar-refractivity contribution is -0.0307. The van der Waals surface area contributed by atoms with Gasteiger partial charge in [-0.1, -0.05) is 0 Å². The zero-order chi connectivity index (χ0) is 13.4. The summed E-state index contributed by atoms with van der Waals surface area (Å²) in [5.41, 5.74) is 6.75. The molecule has 102 valence electrons. The maximum Gasteiger partial charge on any atom is 0.167 e. The van der Waals surface area contributed by atoms with Gasteiger partial charge in [0.05, 0.1) is 25.7 Å². The number of ether oxygens (including phenoxy) is 1. The molecule has 8 heteroatoms. The second kappa shape index (κ2) is 4.71. The lowest BCUT2D eigenvalue weighted by Crippen LogP contribution is -2.21. The highest BCUT2D eigenvalue weighted by atomic mass is 19.1. The Labute approximate surface area is 108 Å². The molecule has 1 saturated heterocycles. The number of halogens is 1. The van der Waals surface area contributed by atoms with Crippen LogP contribution < -0.4 is 5.73 Å². The Hall–Kier alpha value is -1.80. The van der Waals surface area contributed by atoms with Gasteiger partial charge in [-0.3, -0.25) is 8.96 Å². The van der Waals surface area contributed by atoms with Gasteiger partial charge in [-0.2, -0.15) is 0 Å². The first-order valence-electron chi connectivity index (χ1n) is 6.00. The smallest absolute Gasteiger partial charge is 0.167 e. The average Bonchev–Trinajstić information content (AvgIpc) is 3.02. The van der Waals surface area contributed by atoms with Crippen LogP contribution in [-0.2, 0) is 4.74 Å². The molecule has 2 aromatic rings. The average molecular weight is 267 g/mol. The van der Waals surface area contributed by atoms with Crippen molar-refractivity contribution in [3.05, 3.63) is 12.7 Å². The maximum atomic E-state index is 12.9. The van der Waals surface area contributed by atoms with Crippen molar-refractivity contribution in [1.82, 2.24) is 19.5 Å². The lowest BCUT2D eigenvalue weighted by atomic mass is 10.0. The fourth-order valence-corrected chi connectivity index (χ4v) is 2.39. The van der Waals surface area contributed by atoms with E-state index in [1.807, 2.05) is 0 Å². The van der Waals surface area contributed by atoms with Gasteiger partial charge in [-0.05, 0) is 0 Å². The van der Waals surface area contributed by atoms with Crippen LogP contribution in [0.5, 0.6) is 0 Å². The zero-order valence-electron chi connectivity index (χ0n) is 10.1. The third kappa shape index (κ3) is 1.92. The molecule has 3 atom stereocenters. The van der Waals surface area contributed by atoms with Crippen LogP contribution in [0.1, 0.15) is 12.6 Å². The number of fused-ring (bicyclic) bond motifs is 1. The molecule has 0 spiro atoms. The topological polar surface area (TPSA) is 99.1 Å². The van der Waals surface area contributed by atoms with E-state index in [0.29, 0.717) is 23.4 Å². The summed E-state index contributed by atoms with van der Waals surface area (Å²) < 4.78 is 20.2. The summed E-state index contributed by atoms with van der Waals surface area (Å²) in [6, 6.07) is 0. The minimum absolute atomic E-state index is 0.200. The first-order chi connectivity index (χ1) is 9.24. The first kappa shape index (κ1) is 12.2. The Balaban J connectivity index is 1.95. The molecule has 3 N–H and O–H groups in total. The van der Waals surface area contributed by atoms with E-state index < -0.39 is 19.0 Å². The second-order valence-corrected chi connectivity index (χ2v) is 4.54. The van der Waals surface area contributed by atoms with Crippen molar-refractivity contribution in [3.8, 4) is 0 Å². The molecule has 3 unspecified atom stereocenters. The molecule has 1 aliphatic rings. The number of nitrogens with zero attached hydrogens (tertiary/aromatic N) is 4. The number of alkyl halides is 1. The van der Waals surface area contributed by atoms with E-state index in [2.05, 4.69) is 15.0 Å². The fraction of sp³-hybridized carbons (Fsp3) is 0.545. The van der Waals surface area contributed by atoms with E-state index in [1.165, 1.54) is 6.33 Å². The molecule has 0 bridgehead atoms. The quantitative estimate of drug-likeness (QED) is 0.828. The number of anilines is 1. The Morgan fingerprint density at radius 3 is 3.00 bits per heavy atom. The highest BCUT2D eigenvalue weighted by Gasteiger charge is 2.36. The van der Waals surface area contributed by atoms with Crippen LogP contribution in [0.3, 0.4) is 0 Å². The van der Waals surface area contributed by atoms with Gasteiger partial charge in [0, 0.05) is 12.3 Å². The van der Waals surface area contributed by atoms with Crippen LogP contribution in [-0.4, -0.2) is 44.0 Å². The van der Waals surface area contributed by atoms with Crippen LogP contribution in [0.2, 0.25) is 0 Å². The third-order valence-corrected chi connectivity index (χ3v) is 3.44. The van der Waals surface area contributed by atoms with Crippen molar-refractivity contribution in [2.24, 2.45) is 5.92 Å². The van der Waals surface area contributed by atoms with E-state index in [9.17, 15) is 9.50 Å². The summed E-state index contributed by atoms with van der Waals surface area (Å²) in [5, 5.41) is 9.18. The van der Waals surface area contributed by atoms with Gasteiger partial charge >= 0.3 is 0 Å². The molecule has 1 fully saturated rings. The number of hydrogen-bond acceptors (Lipinski definition) is 6. The predicted molar refractivity (Wildman–Crippen MR) is 64.8 cm³/mol. The Kier molecular flexibility index (Phi) is 3.03. The molecule has 2 aromatic heterocycles. The summed E-state index contributed by atoms with van der Waals surface area (Å²) in [7, 11) is 0. The Morgan fingerprint density at radius 2 is 2.32 bits per heavy atom. The maximum absolute atomic E-state index is 12.9. The standard InChI is InChI=1S/C11H14FN5O2/c12-2-6-1-8(19-7(6)3-18)17-5-16-9-10(13)14-4-15-11(9)17/h4-8,18H,1-3H2,(H2,13,14,15). The molecule has 3 heterocycles. The number of imidazole rings is 1. The summed E-state index contributed by atoms with van der Waals surface area (Å²) >= 11 is 0. The van der Waals surface area contributed by atoms with Gasteiger partial charge in [0.15, 0.2) is 11.5 Å². The van der Waals surface area contributed by atoms with Gasteiger partial charge in [0.2, 0.25) is 0 Å². The van der Waals surface area contributed by atoms with Crippen molar-refractivity contribution in [2.45, 2.75) is 18.8 Å². The van der Waals surface area contributed by atoms with Crippen LogP contribution in [0.15, 0.2) is 12.7 Å². The molecule has 1 aliphatic heterocycles. The predicted octanol–water partition coefficient (Wildman–Crippen LogP) is 0.274. The van der Waals surface area contributed by atoms with Crippen molar-refractivity contribution >= 4 is 17.0 Å². The normalized spacial score (nSPS) is 27.2. The van der Waals surface area contributed by atoms with E-state index >= 15 is 0 Å². The number of nitrogens with two attached hydrogens (primary N) is 1. The molecule has 3 rings (SSSR count). The van der Waals surface area contributed by atoms with Crippen LogP contribution in [0.25, 0.3) is 11.2 Å². The number of aromatic nitrogens is 4. The molecule has 0 aliphatic carbocycles. The van der Waals surface area contributed by atoms with E-state index in [4.69, 9.17) is 10.5 Å². The summed E-state index contributed by atoms with van der Waals surface area (Å²) in [4.78, 5) is 12.1. The van der Waals surface area contributed by atoms with E-state index in [1.54, 1.807) is 10.9 Å². The Bertz CT molecular complexity index is 577. The third-order valence-electron chi connectivity index (χ3n) is 3.44. The van der Waals surface area contributed by atoms with Crippen LogP contribution in [0, 0.1) is 5.92 Å². The highest BCUT2D eigenvalue weighted by Crippen LogP contribution is 2.35. The fourth-order valence-electron chi connectivity index (χ4n) is 2.39. The van der Waals surface area contributed by atoms with Crippen LogP contribution in [0.4, 0.5) is 10.2 Å². The SMILES string of the molecule is Nc1ncnc2c1ncn2C1CC(CF)C(CO)O1. The van der Waals surface area contributed by atoms with Gasteiger partial charge in [-0.25, -0.2) is 15.0 Å². The highest BCUT2D eigenvalue weighted by molar-refractivity contribution is 5.81. The minimum atomic E-state index is -0.522. The second-order valence-electron chi connectivity index (χ2n) is 4.54. The van der Waals surface area contributed by atoms with Crippen molar-refractivity contribution in [1.29, 1.82) is 0 Å². The lowest BCUT2D eigenvalue weighted by Gasteiger charge is -2.14. The minimum Gasteiger partial charge on any atom is -0.394 e. The molecule has 7 nitrogen and oxygen atoms in total. The van der Waals surface area contributed by atoms with Gasteiger partial charge in [0.25, 0.3) is 0 Å². The number of rotatable bonds is 3. The zero-order valence-corrected chi connectivity index (χ0v) is 10.1. The summed E-state index contributed by atoms with van der Waals surface area (Å²) in [5.74, 6) is -0.0193. The number of nitrogen functional groups attached to an aromatic ring is 1. The molecule has 0 radical (unpaired) electrons. The summed E-state index contributed by atoms with van der Waals surface area (Å²) in [6.07, 6.45) is 2.48. The van der Waals surface area contributed by atoms with Gasteiger partial charge < -0.3 is 15.6 Å². The van der Waals surface area contributed by atoms with Gasteiger partial charge in [-0.15, -0.1) is 0 Å². The number of aliphatic hydroxyl groups excluding tert-OH is 1. The molecule has 0 saturated carbocycles. The van der Waals surface area contributed by atoms with E-state index in [0.717, 1.165) is 0 Å². The van der Waals surface area contributed by atoms with Gasteiger partial charge in [0.1, 0.15) is 18.1 Å². The molecule has 19 heavy (non-hydrogen) atoms. The largest absolute Gasteiger partial charge is 0.394 e. The van der Waals surface area contributed by atoms with Crippen molar-refractivity contribution < 1.29 is 14.2 Å². The monoisotopic (exact) mass is 267 g/mol. The molecular formula is C11H14FN5O2. The van der Waals surface area contributed by atoms with Crippen molar-refractivity contribution in [3.63, 3.8) is 0 Å². The first-order valence-corrected chi connectivity index (χ1v) is 6.00. The van der Waals surface area contributed by atoms with E-state index in [-0.39, 0.29) is 12.5 Å². The number of hydrogen-bond donors (Lipinski definition) is 2. The molecule has 0 aromatic carbocycles. The molecule has 0 amide bonds.